The first-order chi connectivity index (χ1) is 13.2. The molecule has 0 radical (unpaired) electrons. The number of anilines is 3. The summed E-state index contributed by atoms with van der Waals surface area (Å²) in [6.45, 7) is 4.84. The number of benzene rings is 2. The van der Waals surface area contributed by atoms with Crippen LogP contribution >= 0.6 is 0 Å². The van der Waals surface area contributed by atoms with Crippen LogP contribution in [0.2, 0.25) is 0 Å². The summed E-state index contributed by atoms with van der Waals surface area (Å²) < 4.78 is 5.27. The molecule has 0 saturated heterocycles. The average Bonchev–Trinajstić information content (AvgIpc) is 2.68. The van der Waals surface area contributed by atoms with Crippen LogP contribution < -0.4 is 15.4 Å². The van der Waals surface area contributed by atoms with Crippen LogP contribution in [0.5, 0.6) is 5.75 Å². The normalized spacial score (nSPS) is 10.5. The van der Waals surface area contributed by atoms with Crippen molar-refractivity contribution in [1.82, 2.24) is 9.97 Å². The number of hydrogen-bond acceptors (Lipinski definition) is 5. The predicted octanol–water partition coefficient (Wildman–Crippen LogP) is 4.75. The van der Waals surface area contributed by atoms with Crippen LogP contribution in [-0.2, 0) is 12.8 Å². The van der Waals surface area contributed by atoms with E-state index < -0.39 is 0 Å². The van der Waals surface area contributed by atoms with Crippen LogP contribution in [-0.4, -0.2) is 23.6 Å². The highest BCUT2D eigenvalue weighted by molar-refractivity contribution is 5.59. The zero-order valence-corrected chi connectivity index (χ0v) is 16.1. The van der Waals surface area contributed by atoms with Gasteiger partial charge in [0, 0.05) is 18.3 Å². The molecule has 1 aromatic heterocycles. The summed E-state index contributed by atoms with van der Waals surface area (Å²) in [5.74, 6) is 3.22. The fourth-order valence-corrected chi connectivity index (χ4v) is 2.86. The lowest BCUT2D eigenvalue weighted by Gasteiger charge is -2.11. The van der Waals surface area contributed by atoms with E-state index in [2.05, 4.69) is 63.9 Å². The van der Waals surface area contributed by atoms with E-state index in [-0.39, 0.29) is 0 Å². The molecular formula is C22H26N4O. The molecule has 140 valence electrons. The van der Waals surface area contributed by atoms with Crippen molar-refractivity contribution < 1.29 is 4.74 Å². The Kier molecular flexibility index (Phi) is 6.26. The molecule has 1 heterocycles. The second-order valence-corrected chi connectivity index (χ2v) is 6.39. The van der Waals surface area contributed by atoms with E-state index in [4.69, 9.17) is 4.74 Å². The molecular weight excluding hydrogens is 336 g/mol. The van der Waals surface area contributed by atoms with Crippen LogP contribution in [0.15, 0.2) is 54.6 Å². The summed E-state index contributed by atoms with van der Waals surface area (Å²) in [4.78, 5) is 8.96. The van der Waals surface area contributed by atoms with Gasteiger partial charge in [-0.25, -0.2) is 9.97 Å². The third-order valence-electron chi connectivity index (χ3n) is 4.33. The number of ether oxygens (including phenoxy) is 1. The van der Waals surface area contributed by atoms with Crippen LogP contribution in [0.4, 0.5) is 17.3 Å². The van der Waals surface area contributed by atoms with Gasteiger partial charge in [-0.1, -0.05) is 31.2 Å². The van der Waals surface area contributed by atoms with Crippen molar-refractivity contribution in [3.8, 4) is 5.75 Å². The first kappa shape index (κ1) is 18.7. The van der Waals surface area contributed by atoms with E-state index in [0.717, 1.165) is 48.3 Å². The van der Waals surface area contributed by atoms with Gasteiger partial charge in [-0.3, -0.25) is 0 Å². The number of methoxy groups -OCH3 is 1. The number of nitrogens with one attached hydrogen (secondary N) is 2. The molecule has 0 bridgehead atoms. The molecule has 0 aliphatic heterocycles. The molecule has 2 N–H and O–H groups in total. The third kappa shape index (κ3) is 5.45. The third-order valence-corrected chi connectivity index (χ3v) is 4.33. The zero-order chi connectivity index (χ0) is 19.1. The highest BCUT2D eigenvalue weighted by Crippen LogP contribution is 2.19. The van der Waals surface area contributed by atoms with Gasteiger partial charge >= 0.3 is 0 Å². The quantitative estimate of drug-likeness (QED) is 0.605. The molecule has 0 amide bonds. The van der Waals surface area contributed by atoms with Gasteiger partial charge < -0.3 is 15.4 Å². The van der Waals surface area contributed by atoms with E-state index in [1.807, 2.05) is 25.1 Å². The van der Waals surface area contributed by atoms with Crippen molar-refractivity contribution in [3.63, 3.8) is 0 Å². The predicted molar refractivity (Wildman–Crippen MR) is 111 cm³/mol. The molecule has 0 fully saturated rings. The van der Waals surface area contributed by atoms with Gasteiger partial charge in [0.15, 0.2) is 0 Å². The van der Waals surface area contributed by atoms with Gasteiger partial charge in [0.05, 0.1) is 7.11 Å². The van der Waals surface area contributed by atoms with Gasteiger partial charge in [-0.15, -0.1) is 0 Å². The minimum absolute atomic E-state index is 0.731. The lowest BCUT2D eigenvalue weighted by molar-refractivity contribution is 0.414. The Labute approximate surface area is 160 Å². The zero-order valence-electron chi connectivity index (χ0n) is 16.1. The van der Waals surface area contributed by atoms with Gasteiger partial charge in [0.2, 0.25) is 0 Å². The maximum absolute atomic E-state index is 5.27. The van der Waals surface area contributed by atoms with Crippen molar-refractivity contribution >= 4 is 17.3 Å². The van der Waals surface area contributed by atoms with E-state index in [1.54, 1.807) is 7.11 Å². The summed E-state index contributed by atoms with van der Waals surface area (Å²) in [6.07, 6.45) is 1.93. The van der Waals surface area contributed by atoms with Crippen LogP contribution in [0.3, 0.4) is 0 Å². The number of rotatable bonds is 8. The highest BCUT2D eigenvalue weighted by Gasteiger charge is 2.03. The molecule has 2 aromatic carbocycles. The Morgan fingerprint density at radius 3 is 2.44 bits per heavy atom. The topological polar surface area (TPSA) is 59.1 Å². The van der Waals surface area contributed by atoms with Crippen LogP contribution in [0.25, 0.3) is 0 Å². The van der Waals surface area contributed by atoms with E-state index in [1.165, 1.54) is 11.1 Å². The standard InChI is InChI=1S/C22H26N4O/c1-4-17-8-10-19(11-9-17)26-22-15-21(24-16(2)25-22)23-13-12-18-6-5-7-20(14-18)27-3/h5-11,14-15H,4,12-13H2,1-3H3,(H2,23,24,25,26). The second-order valence-electron chi connectivity index (χ2n) is 6.39. The van der Waals surface area contributed by atoms with Gasteiger partial charge in [0.1, 0.15) is 23.2 Å². The molecule has 3 rings (SSSR count). The first-order valence-corrected chi connectivity index (χ1v) is 9.24. The van der Waals surface area contributed by atoms with Crippen LogP contribution in [0, 0.1) is 6.92 Å². The maximum atomic E-state index is 5.27. The largest absolute Gasteiger partial charge is 0.497 e. The molecule has 0 spiro atoms. The Morgan fingerprint density at radius 2 is 1.70 bits per heavy atom. The van der Waals surface area contributed by atoms with Gasteiger partial charge in [-0.2, -0.15) is 0 Å². The molecule has 0 unspecified atom stereocenters. The smallest absolute Gasteiger partial charge is 0.136 e. The Balaban J connectivity index is 1.62. The Hall–Kier alpha value is -3.08. The molecule has 5 nitrogen and oxygen atoms in total. The first-order valence-electron chi connectivity index (χ1n) is 9.24. The number of aryl methyl sites for hydroxylation is 2. The maximum Gasteiger partial charge on any atom is 0.136 e. The summed E-state index contributed by atoms with van der Waals surface area (Å²) >= 11 is 0. The Bertz CT molecular complexity index is 878. The summed E-state index contributed by atoms with van der Waals surface area (Å²) in [5, 5.41) is 6.74. The monoisotopic (exact) mass is 362 g/mol. The molecule has 3 aromatic rings. The lowest BCUT2D eigenvalue weighted by Crippen LogP contribution is -2.08. The van der Waals surface area contributed by atoms with Gasteiger partial charge in [-0.05, 0) is 55.2 Å². The highest BCUT2D eigenvalue weighted by atomic mass is 16.5. The fraction of sp³-hybridized carbons (Fsp3) is 0.273. The molecule has 0 saturated carbocycles. The summed E-state index contributed by atoms with van der Waals surface area (Å²) in [6, 6.07) is 18.5. The molecule has 0 atom stereocenters. The second kappa shape index (κ2) is 9.03. The molecule has 5 heteroatoms. The molecule has 0 aliphatic rings. The van der Waals surface area contributed by atoms with E-state index in [0.29, 0.717) is 0 Å². The Morgan fingerprint density at radius 1 is 0.926 bits per heavy atom. The lowest BCUT2D eigenvalue weighted by atomic mass is 10.1. The minimum atomic E-state index is 0.731. The van der Waals surface area contributed by atoms with Gasteiger partial charge in [0.25, 0.3) is 0 Å². The van der Waals surface area contributed by atoms with Crippen molar-refractivity contribution in [3.05, 3.63) is 71.5 Å². The van der Waals surface area contributed by atoms with E-state index in [9.17, 15) is 0 Å². The van der Waals surface area contributed by atoms with Crippen molar-refractivity contribution in [2.75, 3.05) is 24.3 Å². The molecule has 27 heavy (non-hydrogen) atoms. The summed E-state index contributed by atoms with van der Waals surface area (Å²) in [5.41, 5.74) is 3.56. The van der Waals surface area contributed by atoms with E-state index >= 15 is 0 Å². The number of aromatic nitrogens is 2. The minimum Gasteiger partial charge on any atom is -0.497 e. The van der Waals surface area contributed by atoms with Crippen LogP contribution in [0.1, 0.15) is 23.9 Å². The average molecular weight is 362 g/mol. The number of hydrogen-bond donors (Lipinski definition) is 2. The van der Waals surface area contributed by atoms with Crippen molar-refractivity contribution in [1.29, 1.82) is 0 Å². The SMILES string of the molecule is CCc1ccc(Nc2cc(NCCc3cccc(OC)c3)nc(C)n2)cc1. The molecule has 0 aliphatic carbocycles. The van der Waals surface area contributed by atoms with Crippen molar-refractivity contribution in [2.24, 2.45) is 0 Å². The fourth-order valence-electron chi connectivity index (χ4n) is 2.86. The summed E-state index contributed by atoms with van der Waals surface area (Å²) in [7, 11) is 1.69. The number of nitrogens with zero attached hydrogens (tertiary/aromatic N) is 2. The van der Waals surface area contributed by atoms with Crippen molar-refractivity contribution in [2.45, 2.75) is 26.7 Å².